The molecule has 0 fully saturated rings. The Bertz CT molecular complexity index is 734. The van der Waals surface area contributed by atoms with Crippen molar-refractivity contribution in [2.75, 3.05) is 13.2 Å². The van der Waals surface area contributed by atoms with E-state index >= 15 is 0 Å². The number of hydrogen-bond donors (Lipinski definition) is 1. The van der Waals surface area contributed by atoms with Crippen LogP contribution in [0.5, 0.6) is 5.75 Å². The number of carbonyl (C=O) groups is 1. The van der Waals surface area contributed by atoms with Crippen molar-refractivity contribution >= 4 is 21.8 Å². The van der Waals surface area contributed by atoms with Crippen molar-refractivity contribution in [3.63, 3.8) is 0 Å². The second-order valence-electron chi connectivity index (χ2n) is 4.00. The maximum atomic E-state index is 13.2. The van der Waals surface area contributed by atoms with Crippen LogP contribution in [0.3, 0.4) is 0 Å². The van der Waals surface area contributed by atoms with Gasteiger partial charge in [0.1, 0.15) is 12.4 Å². The number of halogens is 3. The minimum atomic E-state index is -0.793. The summed E-state index contributed by atoms with van der Waals surface area (Å²) in [4.78, 5) is 11.6. The van der Waals surface area contributed by atoms with Crippen molar-refractivity contribution in [3.05, 3.63) is 52.4 Å². The molecule has 1 amide bonds. The van der Waals surface area contributed by atoms with Gasteiger partial charge in [0.25, 0.3) is 5.91 Å². The quantitative estimate of drug-likeness (QED) is 0.842. The molecular formula is C15H10BrF2NO3. The zero-order chi connectivity index (χ0) is 15.9. The Morgan fingerprint density at radius 2 is 2.09 bits per heavy atom. The van der Waals surface area contributed by atoms with Crippen molar-refractivity contribution in [1.29, 1.82) is 0 Å². The first-order chi connectivity index (χ1) is 10.6. The van der Waals surface area contributed by atoms with E-state index in [4.69, 9.17) is 9.15 Å². The second kappa shape index (κ2) is 7.61. The van der Waals surface area contributed by atoms with Crippen LogP contribution in [-0.4, -0.2) is 19.1 Å². The van der Waals surface area contributed by atoms with Crippen molar-refractivity contribution in [1.82, 2.24) is 5.32 Å². The topological polar surface area (TPSA) is 51.5 Å². The van der Waals surface area contributed by atoms with E-state index in [1.165, 1.54) is 12.1 Å². The molecule has 22 heavy (non-hydrogen) atoms. The zero-order valence-electron chi connectivity index (χ0n) is 11.2. The molecule has 1 heterocycles. The Labute approximate surface area is 133 Å². The number of carbonyl (C=O) groups excluding carboxylic acids is 1. The largest absolute Gasteiger partial charge is 0.478 e. The van der Waals surface area contributed by atoms with Crippen LogP contribution in [0.15, 0.2) is 39.4 Å². The van der Waals surface area contributed by atoms with Crippen LogP contribution < -0.4 is 10.1 Å². The first-order valence-electron chi connectivity index (χ1n) is 6.13. The van der Waals surface area contributed by atoms with Gasteiger partial charge in [0.2, 0.25) is 0 Å². The molecule has 0 saturated heterocycles. The third kappa shape index (κ3) is 4.60. The van der Waals surface area contributed by atoms with Crippen LogP contribution in [0.2, 0.25) is 0 Å². The molecule has 0 aliphatic rings. The minimum absolute atomic E-state index is 0.0786. The number of hydrogen-bond acceptors (Lipinski definition) is 3. The molecule has 0 bridgehead atoms. The highest BCUT2D eigenvalue weighted by Gasteiger charge is 2.08. The Balaban J connectivity index is 1.74. The van der Waals surface area contributed by atoms with Crippen molar-refractivity contribution < 1.29 is 22.7 Å². The first kappa shape index (κ1) is 16.0. The number of rotatable bonds is 4. The molecule has 0 aliphatic heterocycles. The van der Waals surface area contributed by atoms with Gasteiger partial charge in [-0.2, -0.15) is 0 Å². The Hall–Kier alpha value is -2.33. The van der Waals surface area contributed by atoms with Gasteiger partial charge in [0.15, 0.2) is 22.0 Å². The molecule has 0 atom stereocenters. The lowest BCUT2D eigenvalue weighted by atomic mass is 10.3. The van der Waals surface area contributed by atoms with E-state index in [0.29, 0.717) is 4.67 Å². The van der Waals surface area contributed by atoms with Gasteiger partial charge < -0.3 is 14.5 Å². The van der Waals surface area contributed by atoms with Gasteiger partial charge in [-0.05, 0) is 40.2 Å². The van der Waals surface area contributed by atoms with Gasteiger partial charge in [-0.25, -0.2) is 8.78 Å². The highest BCUT2D eigenvalue weighted by molar-refractivity contribution is 9.10. The van der Waals surface area contributed by atoms with E-state index in [9.17, 15) is 13.6 Å². The van der Waals surface area contributed by atoms with Gasteiger partial charge in [-0.1, -0.05) is 11.8 Å². The summed E-state index contributed by atoms with van der Waals surface area (Å²) >= 11 is 3.09. The summed E-state index contributed by atoms with van der Waals surface area (Å²) in [5.41, 5.74) is 0. The van der Waals surface area contributed by atoms with Crippen molar-refractivity contribution in [2.24, 2.45) is 0 Å². The molecule has 1 aromatic carbocycles. The maximum Gasteiger partial charge on any atom is 0.287 e. The predicted octanol–water partition coefficient (Wildman–Crippen LogP) is 3.13. The molecule has 4 nitrogen and oxygen atoms in total. The van der Waals surface area contributed by atoms with Gasteiger partial charge in [0, 0.05) is 6.07 Å². The normalized spacial score (nSPS) is 9.77. The second-order valence-corrected chi connectivity index (χ2v) is 4.78. The fourth-order valence-electron chi connectivity index (χ4n) is 1.47. The molecule has 114 valence electrons. The number of amides is 1. The lowest BCUT2D eigenvalue weighted by Gasteiger charge is -2.02. The lowest BCUT2D eigenvalue weighted by molar-refractivity contribution is 0.0930. The standard InChI is InChI=1S/C15H10BrF2NO3/c16-14-6-5-13(22-14)15(20)19-7-1-2-8-21-12-4-3-10(17)9-11(12)18/h3-6,9H,7-8H2,(H,19,20). The molecule has 1 aromatic heterocycles. The average Bonchev–Trinajstić information content (AvgIpc) is 2.91. The Morgan fingerprint density at radius 3 is 2.77 bits per heavy atom. The van der Waals surface area contributed by atoms with Crippen LogP contribution in [0.4, 0.5) is 8.78 Å². The smallest absolute Gasteiger partial charge is 0.287 e. The van der Waals surface area contributed by atoms with Crippen LogP contribution >= 0.6 is 15.9 Å². The van der Waals surface area contributed by atoms with E-state index in [1.54, 1.807) is 6.07 Å². The van der Waals surface area contributed by atoms with E-state index in [0.717, 1.165) is 12.1 Å². The van der Waals surface area contributed by atoms with Gasteiger partial charge in [-0.15, -0.1) is 0 Å². The molecule has 7 heteroatoms. The van der Waals surface area contributed by atoms with Crippen LogP contribution in [0.25, 0.3) is 0 Å². The number of nitrogens with one attached hydrogen (secondary N) is 1. The average molecular weight is 370 g/mol. The van der Waals surface area contributed by atoms with E-state index in [-0.39, 0.29) is 24.7 Å². The lowest BCUT2D eigenvalue weighted by Crippen LogP contribution is -2.23. The SMILES string of the molecule is O=C(NCC#CCOc1ccc(F)cc1F)c1ccc(Br)o1. The molecular weight excluding hydrogens is 360 g/mol. The summed E-state index contributed by atoms with van der Waals surface area (Å²) in [7, 11) is 0. The summed E-state index contributed by atoms with van der Waals surface area (Å²) in [6.07, 6.45) is 0. The van der Waals surface area contributed by atoms with Crippen LogP contribution in [0, 0.1) is 23.5 Å². The monoisotopic (exact) mass is 369 g/mol. The third-order valence-electron chi connectivity index (χ3n) is 2.45. The van der Waals surface area contributed by atoms with Gasteiger partial charge in [0.05, 0.1) is 6.54 Å². The highest BCUT2D eigenvalue weighted by atomic mass is 79.9. The van der Waals surface area contributed by atoms with Crippen LogP contribution in [0.1, 0.15) is 10.6 Å². The Morgan fingerprint density at radius 1 is 1.27 bits per heavy atom. The molecule has 2 aromatic rings. The zero-order valence-corrected chi connectivity index (χ0v) is 12.7. The highest BCUT2D eigenvalue weighted by Crippen LogP contribution is 2.17. The number of benzene rings is 1. The molecule has 0 radical (unpaired) electrons. The van der Waals surface area contributed by atoms with Crippen molar-refractivity contribution in [2.45, 2.75) is 0 Å². The summed E-state index contributed by atoms with van der Waals surface area (Å²) in [6, 6.07) is 6.12. The number of furan rings is 1. The summed E-state index contributed by atoms with van der Waals surface area (Å²) in [6.45, 7) is 0.0110. The van der Waals surface area contributed by atoms with Crippen molar-refractivity contribution in [3.8, 4) is 17.6 Å². The van der Waals surface area contributed by atoms with Crippen LogP contribution in [-0.2, 0) is 0 Å². The Kier molecular flexibility index (Phi) is 5.55. The minimum Gasteiger partial charge on any atom is -0.478 e. The molecule has 2 rings (SSSR count). The van der Waals surface area contributed by atoms with Gasteiger partial charge >= 0.3 is 0 Å². The molecule has 0 aliphatic carbocycles. The summed E-state index contributed by atoms with van der Waals surface area (Å²) in [5, 5.41) is 2.52. The third-order valence-corrected chi connectivity index (χ3v) is 2.88. The van der Waals surface area contributed by atoms with E-state index < -0.39 is 17.5 Å². The number of ether oxygens (including phenoxy) is 1. The summed E-state index contributed by atoms with van der Waals surface area (Å²) < 4.78 is 36.5. The maximum absolute atomic E-state index is 13.2. The van der Waals surface area contributed by atoms with E-state index in [2.05, 4.69) is 33.1 Å². The van der Waals surface area contributed by atoms with E-state index in [1.807, 2.05) is 0 Å². The molecule has 1 N–H and O–H groups in total. The predicted molar refractivity (Wildman–Crippen MR) is 78.4 cm³/mol. The molecule has 0 unspecified atom stereocenters. The summed E-state index contributed by atoms with van der Waals surface area (Å²) in [5.74, 6) is 3.45. The fourth-order valence-corrected chi connectivity index (χ4v) is 1.77. The first-order valence-corrected chi connectivity index (χ1v) is 6.92. The van der Waals surface area contributed by atoms with Gasteiger partial charge in [-0.3, -0.25) is 4.79 Å². The molecule has 0 saturated carbocycles. The molecule has 0 spiro atoms. The fraction of sp³-hybridized carbons (Fsp3) is 0.133.